The molecule has 0 aliphatic carbocycles. The summed E-state index contributed by atoms with van der Waals surface area (Å²) in [4.78, 5) is 10.3. The van der Waals surface area contributed by atoms with Gasteiger partial charge < -0.3 is 5.11 Å². The van der Waals surface area contributed by atoms with Crippen LogP contribution in [0.2, 0.25) is 0 Å². The van der Waals surface area contributed by atoms with Crippen LogP contribution in [0.1, 0.15) is 15.9 Å². The van der Waals surface area contributed by atoms with Crippen LogP contribution >= 0.6 is 15.9 Å². The number of benzene rings is 1. The molecule has 0 spiro atoms. The van der Waals surface area contributed by atoms with Crippen LogP contribution in [0.15, 0.2) is 16.6 Å². The molecule has 0 fully saturated rings. The van der Waals surface area contributed by atoms with E-state index < -0.39 is 17.5 Å². The van der Waals surface area contributed by atoms with Gasteiger partial charge in [-0.3, -0.25) is 4.79 Å². The van der Waals surface area contributed by atoms with E-state index in [-0.39, 0.29) is 16.3 Å². The largest absolute Gasteiger partial charge is 0.507 e. The Bertz CT molecular complexity index is 350. The van der Waals surface area contributed by atoms with Crippen molar-refractivity contribution in [1.29, 1.82) is 0 Å². The van der Waals surface area contributed by atoms with Crippen LogP contribution in [0, 0.1) is 0 Å². The Morgan fingerprint density at radius 3 is 2.29 bits per heavy atom. The Hall–Kier alpha value is -1.04. The number of aromatic hydroxyl groups is 1. The van der Waals surface area contributed by atoms with Gasteiger partial charge in [-0.15, -0.1) is 0 Å². The first-order valence-electron chi connectivity index (χ1n) is 3.41. The fraction of sp³-hybridized carbons (Fsp3) is 0.125. The summed E-state index contributed by atoms with van der Waals surface area (Å²) in [5, 5.41) is 9.07. The summed E-state index contributed by atoms with van der Waals surface area (Å²) in [5.41, 5.74) is -1.20. The first kappa shape index (κ1) is 11.0. The van der Waals surface area contributed by atoms with Crippen molar-refractivity contribution in [3.8, 4) is 5.75 Å². The molecular weight excluding hydrogens is 265 g/mol. The molecule has 2 nitrogen and oxygen atoms in total. The van der Waals surface area contributed by atoms with E-state index in [1.807, 2.05) is 0 Å². The Kier molecular flexibility index (Phi) is 2.84. The van der Waals surface area contributed by atoms with E-state index in [1.165, 1.54) is 0 Å². The van der Waals surface area contributed by atoms with Crippen molar-refractivity contribution < 1.29 is 23.1 Å². The maximum absolute atomic E-state index is 12.2. The molecule has 0 heterocycles. The second-order valence-electron chi connectivity index (χ2n) is 2.51. The topological polar surface area (TPSA) is 37.3 Å². The number of phenolic OH excluding ortho intramolecular Hbond substituents is 1. The number of hydrogen-bond donors (Lipinski definition) is 1. The number of hydrogen-bond acceptors (Lipinski definition) is 2. The van der Waals surface area contributed by atoms with Crippen molar-refractivity contribution in [2.45, 2.75) is 6.18 Å². The van der Waals surface area contributed by atoms with Gasteiger partial charge in [0.1, 0.15) is 5.75 Å². The van der Waals surface area contributed by atoms with Gasteiger partial charge in [-0.25, -0.2) is 0 Å². The zero-order valence-electron chi connectivity index (χ0n) is 6.60. The van der Waals surface area contributed by atoms with Crippen LogP contribution < -0.4 is 0 Å². The van der Waals surface area contributed by atoms with Gasteiger partial charge in [-0.1, -0.05) is 0 Å². The predicted molar refractivity (Wildman–Crippen MR) is 46.2 cm³/mol. The van der Waals surface area contributed by atoms with Crippen molar-refractivity contribution in [2.24, 2.45) is 0 Å². The Morgan fingerprint density at radius 2 is 1.93 bits per heavy atom. The summed E-state index contributed by atoms with van der Waals surface area (Å²) < 4.78 is 36.4. The van der Waals surface area contributed by atoms with E-state index in [4.69, 9.17) is 5.11 Å². The van der Waals surface area contributed by atoms with Gasteiger partial charge in [-0.2, -0.15) is 13.2 Å². The zero-order valence-corrected chi connectivity index (χ0v) is 8.19. The molecule has 1 aromatic rings. The molecule has 0 bridgehead atoms. The number of aldehydes is 1. The Balaban J connectivity index is 3.35. The average Bonchev–Trinajstić information content (AvgIpc) is 2.01. The van der Waals surface area contributed by atoms with Gasteiger partial charge in [-0.05, 0) is 28.1 Å². The summed E-state index contributed by atoms with van der Waals surface area (Å²) in [6.45, 7) is 0. The minimum Gasteiger partial charge on any atom is -0.507 e. The normalized spacial score (nSPS) is 11.4. The van der Waals surface area contributed by atoms with Crippen LogP contribution in [0.5, 0.6) is 5.75 Å². The number of carbonyl (C=O) groups excluding carboxylic acids is 1. The number of alkyl halides is 3. The monoisotopic (exact) mass is 268 g/mol. The Labute approximate surface area is 85.5 Å². The molecule has 1 N–H and O–H groups in total. The lowest BCUT2D eigenvalue weighted by Crippen LogP contribution is -2.05. The lowest BCUT2D eigenvalue weighted by molar-refractivity contribution is -0.137. The highest BCUT2D eigenvalue weighted by molar-refractivity contribution is 9.10. The van der Waals surface area contributed by atoms with Crippen LogP contribution in [-0.2, 0) is 6.18 Å². The van der Waals surface area contributed by atoms with Crippen molar-refractivity contribution >= 4 is 22.2 Å². The maximum Gasteiger partial charge on any atom is 0.416 e. The SMILES string of the molecule is O=Cc1c(O)cc(C(F)(F)F)cc1Br. The molecule has 0 radical (unpaired) electrons. The predicted octanol–water partition coefficient (Wildman–Crippen LogP) is 2.99. The third-order valence-electron chi connectivity index (χ3n) is 1.55. The number of halogens is 4. The molecule has 6 heteroatoms. The van der Waals surface area contributed by atoms with E-state index >= 15 is 0 Å². The zero-order chi connectivity index (χ0) is 10.9. The number of rotatable bonds is 1. The second kappa shape index (κ2) is 3.61. The molecule has 1 rings (SSSR count). The molecule has 0 unspecified atom stereocenters. The highest BCUT2D eigenvalue weighted by atomic mass is 79.9. The quantitative estimate of drug-likeness (QED) is 0.796. The third kappa shape index (κ3) is 2.06. The molecule has 0 amide bonds. The summed E-state index contributed by atoms with van der Waals surface area (Å²) in [5.74, 6) is -0.693. The summed E-state index contributed by atoms with van der Waals surface area (Å²) >= 11 is 2.76. The fourth-order valence-corrected chi connectivity index (χ4v) is 1.43. The van der Waals surface area contributed by atoms with Crippen LogP contribution in [0.4, 0.5) is 13.2 Å². The van der Waals surface area contributed by atoms with E-state index in [2.05, 4.69) is 15.9 Å². The molecule has 0 aromatic heterocycles. The number of phenols is 1. The fourth-order valence-electron chi connectivity index (χ4n) is 0.884. The average molecular weight is 269 g/mol. The Morgan fingerprint density at radius 1 is 1.36 bits per heavy atom. The molecule has 0 aliphatic heterocycles. The maximum atomic E-state index is 12.2. The minimum absolute atomic E-state index is 0.0835. The minimum atomic E-state index is -4.54. The van der Waals surface area contributed by atoms with Gasteiger partial charge in [0, 0.05) is 4.47 Å². The van der Waals surface area contributed by atoms with Gasteiger partial charge in [0.25, 0.3) is 0 Å². The van der Waals surface area contributed by atoms with Gasteiger partial charge in [0.05, 0.1) is 11.1 Å². The third-order valence-corrected chi connectivity index (χ3v) is 2.21. The lowest BCUT2D eigenvalue weighted by atomic mass is 10.1. The van der Waals surface area contributed by atoms with E-state index in [0.717, 1.165) is 6.07 Å². The van der Waals surface area contributed by atoms with E-state index in [1.54, 1.807) is 0 Å². The van der Waals surface area contributed by atoms with Gasteiger partial charge >= 0.3 is 6.18 Å². The smallest absolute Gasteiger partial charge is 0.416 e. The van der Waals surface area contributed by atoms with Gasteiger partial charge in [0.2, 0.25) is 0 Å². The first-order valence-corrected chi connectivity index (χ1v) is 4.20. The van der Waals surface area contributed by atoms with Crippen molar-refractivity contribution in [2.75, 3.05) is 0 Å². The standard InChI is InChI=1S/C8H4BrF3O2/c9-6-1-4(8(10,11)12)2-7(14)5(6)3-13/h1-3,14H. The highest BCUT2D eigenvalue weighted by Crippen LogP contribution is 2.35. The molecule has 76 valence electrons. The lowest BCUT2D eigenvalue weighted by Gasteiger charge is -2.09. The highest BCUT2D eigenvalue weighted by Gasteiger charge is 2.32. The van der Waals surface area contributed by atoms with E-state index in [0.29, 0.717) is 6.07 Å². The van der Waals surface area contributed by atoms with Gasteiger partial charge in [0.15, 0.2) is 6.29 Å². The number of carbonyl (C=O) groups is 1. The molecule has 1 aromatic carbocycles. The molecule has 14 heavy (non-hydrogen) atoms. The first-order chi connectivity index (χ1) is 6.36. The van der Waals surface area contributed by atoms with Crippen molar-refractivity contribution in [3.05, 3.63) is 27.7 Å². The molecule has 0 aliphatic rings. The summed E-state index contributed by atoms with van der Waals surface area (Å²) in [6.07, 6.45) is -4.26. The molecule has 0 atom stereocenters. The van der Waals surface area contributed by atoms with Crippen LogP contribution in [0.25, 0.3) is 0 Å². The molecular formula is C8H4BrF3O2. The van der Waals surface area contributed by atoms with Crippen LogP contribution in [-0.4, -0.2) is 11.4 Å². The van der Waals surface area contributed by atoms with Crippen molar-refractivity contribution in [3.63, 3.8) is 0 Å². The summed E-state index contributed by atoms with van der Waals surface area (Å²) in [6, 6.07) is 1.25. The van der Waals surface area contributed by atoms with Crippen molar-refractivity contribution in [1.82, 2.24) is 0 Å². The molecule has 0 saturated heterocycles. The summed E-state index contributed by atoms with van der Waals surface area (Å²) in [7, 11) is 0. The molecule has 0 saturated carbocycles. The van der Waals surface area contributed by atoms with E-state index in [9.17, 15) is 18.0 Å². The second-order valence-corrected chi connectivity index (χ2v) is 3.36. The van der Waals surface area contributed by atoms with Crippen LogP contribution in [0.3, 0.4) is 0 Å².